The van der Waals surface area contributed by atoms with Crippen LogP contribution in [0.25, 0.3) is 10.8 Å². The van der Waals surface area contributed by atoms with Crippen LogP contribution in [0.1, 0.15) is 18.0 Å². The molecule has 0 spiro atoms. The Morgan fingerprint density at radius 3 is 2.62 bits per heavy atom. The van der Waals surface area contributed by atoms with Gasteiger partial charge in [-0.25, -0.2) is 8.42 Å². The number of nitrogens with one attached hydrogen (secondary N) is 1. The van der Waals surface area contributed by atoms with Crippen LogP contribution >= 0.6 is 11.8 Å². The van der Waals surface area contributed by atoms with Crippen LogP contribution < -0.4 is 5.32 Å². The van der Waals surface area contributed by atoms with Crippen molar-refractivity contribution >= 4 is 38.5 Å². The monoisotopic (exact) mass is 426 g/mol. The molecule has 1 unspecified atom stereocenters. The number of fused-ring (bicyclic) bond motifs is 2. The summed E-state index contributed by atoms with van der Waals surface area (Å²) in [6, 6.07) is 20.5. The standard InChI is InChI=1S/C22H22N2O3S2/c1-24(29(26,27)18-11-10-16-6-2-3-7-17(16)14-18)15-22(25)23-20-12-13-28-21-9-5-4-8-19(20)21/h2-11,14,20H,12-13,15H2,1H3,(H,23,25). The van der Waals surface area contributed by atoms with Gasteiger partial charge in [0.15, 0.2) is 0 Å². The largest absolute Gasteiger partial charge is 0.348 e. The SMILES string of the molecule is CN(CC(=O)NC1CCSc2ccccc21)S(=O)(=O)c1ccc2ccccc2c1. The summed E-state index contributed by atoms with van der Waals surface area (Å²) in [5.74, 6) is 0.622. The molecular formula is C22H22N2O3S2. The van der Waals surface area contributed by atoms with Gasteiger partial charge >= 0.3 is 0 Å². The number of carbonyl (C=O) groups excluding carboxylic acids is 1. The maximum absolute atomic E-state index is 12.9. The van der Waals surface area contributed by atoms with Crippen LogP contribution in [0.2, 0.25) is 0 Å². The molecule has 0 aliphatic carbocycles. The van der Waals surface area contributed by atoms with E-state index in [1.165, 1.54) is 11.9 Å². The van der Waals surface area contributed by atoms with Gasteiger partial charge < -0.3 is 5.32 Å². The summed E-state index contributed by atoms with van der Waals surface area (Å²) >= 11 is 1.78. The van der Waals surface area contributed by atoms with Crippen molar-refractivity contribution in [3.8, 4) is 0 Å². The van der Waals surface area contributed by atoms with Crippen LogP contribution in [0.3, 0.4) is 0 Å². The topological polar surface area (TPSA) is 66.5 Å². The minimum absolute atomic E-state index is 0.0864. The quantitative estimate of drug-likeness (QED) is 0.674. The highest BCUT2D eigenvalue weighted by molar-refractivity contribution is 7.99. The predicted octanol–water partition coefficient (Wildman–Crippen LogP) is 3.81. The van der Waals surface area contributed by atoms with Gasteiger partial charge in [0.1, 0.15) is 0 Å². The molecule has 0 bridgehead atoms. The molecule has 1 amide bonds. The van der Waals surface area contributed by atoms with Crippen LogP contribution in [0, 0.1) is 0 Å². The van der Waals surface area contributed by atoms with E-state index in [0.29, 0.717) is 0 Å². The number of amides is 1. The zero-order chi connectivity index (χ0) is 20.4. The smallest absolute Gasteiger partial charge is 0.243 e. The first kappa shape index (κ1) is 19.9. The maximum atomic E-state index is 12.9. The Kier molecular flexibility index (Phi) is 5.63. The molecule has 3 aromatic rings. The Hall–Kier alpha value is -2.35. The van der Waals surface area contributed by atoms with E-state index in [0.717, 1.165) is 32.8 Å². The maximum Gasteiger partial charge on any atom is 0.243 e. The van der Waals surface area contributed by atoms with Crippen molar-refractivity contribution < 1.29 is 13.2 Å². The molecule has 1 aliphatic rings. The first-order valence-corrected chi connectivity index (χ1v) is 11.8. The van der Waals surface area contributed by atoms with Crippen molar-refractivity contribution in [1.82, 2.24) is 9.62 Å². The van der Waals surface area contributed by atoms with Crippen molar-refractivity contribution in [3.05, 3.63) is 72.3 Å². The molecule has 1 atom stereocenters. The molecule has 5 nitrogen and oxygen atoms in total. The van der Waals surface area contributed by atoms with E-state index in [1.807, 2.05) is 42.5 Å². The Labute approximate surface area is 175 Å². The van der Waals surface area contributed by atoms with Gasteiger partial charge in [0, 0.05) is 17.7 Å². The molecule has 4 rings (SSSR count). The molecule has 0 fully saturated rings. The highest BCUT2D eigenvalue weighted by Gasteiger charge is 2.26. The molecular weight excluding hydrogens is 404 g/mol. The van der Waals surface area contributed by atoms with Crippen molar-refractivity contribution in [2.75, 3.05) is 19.3 Å². The van der Waals surface area contributed by atoms with Crippen LogP contribution in [0.4, 0.5) is 0 Å². The number of benzene rings is 3. The normalized spacial score (nSPS) is 16.6. The molecule has 150 valence electrons. The fraction of sp³-hybridized carbons (Fsp3) is 0.227. The summed E-state index contributed by atoms with van der Waals surface area (Å²) in [5, 5.41) is 4.82. The Morgan fingerprint density at radius 2 is 1.79 bits per heavy atom. The zero-order valence-corrected chi connectivity index (χ0v) is 17.7. The molecule has 0 saturated carbocycles. The van der Waals surface area contributed by atoms with Gasteiger partial charge in [-0.3, -0.25) is 4.79 Å². The summed E-state index contributed by atoms with van der Waals surface area (Å²) in [6.45, 7) is -0.221. The molecule has 1 heterocycles. The van der Waals surface area contributed by atoms with Gasteiger partial charge in [-0.05, 0) is 41.0 Å². The van der Waals surface area contributed by atoms with Crippen LogP contribution in [0.15, 0.2) is 76.5 Å². The third kappa shape index (κ3) is 4.17. The lowest BCUT2D eigenvalue weighted by Crippen LogP contribution is -2.40. The van der Waals surface area contributed by atoms with Gasteiger partial charge in [0.2, 0.25) is 15.9 Å². The number of likely N-dealkylation sites (N-methyl/N-ethyl adjacent to an activating group) is 1. The molecule has 1 aliphatic heterocycles. The van der Waals surface area contributed by atoms with E-state index >= 15 is 0 Å². The second-order valence-electron chi connectivity index (χ2n) is 7.07. The van der Waals surface area contributed by atoms with Crippen molar-refractivity contribution in [2.45, 2.75) is 22.3 Å². The molecule has 7 heteroatoms. The van der Waals surface area contributed by atoms with Gasteiger partial charge in [-0.1, -0.05) is 48.5 Å². The Bertz CT molecular complexity index is 1160. The number of hydrogen-bond donors (Lipinski definition) is 1. The summed E-state index contributed by atoms with van der Waals surface area (Å²) in [4.78, 5) is 14.0. The Balaban J connectivity index is 1.48. The number of hydrogen-bond acceptors (Lipinski definition) is 4. The van der Waals surface area contributed by atoms with Crippen LogP contribution in [-0.2, 0) is 14.8 Å². The van der Waals surface area contributed by atoms with Crippen molar-refractivity contribution in [1.29, 1.82) is 0 Å². The van der Waals surface area contributed by atoms with Crippen LogP contribution in [-0.4, -0.2) is 38.0 Å². The third-order valence-electron chi connectivity index (χ3n) is 5.09. The van der Waals surface area contributed by atoms with E-state index in [4.69, 9.17) is 0 Å². The van der Waals surface area contributed by atoms with E-state index in [-0.39, 0.29) is 23.4 Å². The van der Waals surface area contributed by atoms with E-state index < -0.39 is 10.0 Å². The average molecular weight is 427 g/mol. The lowest BCUT2D eigenvalue weighted by Gasteiger charge is -2.26. The highest BCUT2D eigenvalue weighted by atomic mass is 32.2. The minimum atomic E-state index is -3.76. The van der Waals surface area contributed by atoms with Crippen molar-refractivity contribution in [3.63, 3.8) is 0 Å². The number of carbonyl (C=O) groups is 1. The van der Waals surface area contributed by atoms with E-state index in [2.05, 4.69) is 11.4 Å². The zero-order valence-electron chi connectivity index (χ0n) is 16.0. The van der Waals surface area contributed by atoms with Gasteiger partial charge in [0.05, 0.1) is 17.5 Å². The molecule has 0 saturated heterocycles. The molecule has 0 radical (unpaired) electrons. The number of thioether (sulfide) groups is 1. The number of nitrogens with zero attached hydrogens (tertiary/aromatic N) is 1. The fourth-order valence-electron chi connectivity index (χ4n) is 3.53. The lowest BCUT2D eigenvalue weighted by atomic mass is 10.0. The highest BCUT2D eigenvalue weighted by Crippen LogP contribution is 2.35. The van der Waals surface area contributed by atoms with Gasteiger partial charge in [-0.15, -0.1) is 11.8 Å². The first-order chi connectivity index (χ1) is 13.9. The molecule has 1 N–H and O–H groups in total. The van der Waals surface area contributed by atoms with Crippen LogP contribution in [0.5, 0.6) is 0 Å². The summed E-state index contributed by atoms with van der Waals surface area (Å²) < 4.78 is 27.0. The minimum Gasteiger partial charge on any atom is -0.348 e. The molecule has 3 aromatic carbocycles. The van der Waals surface area contributed by atoms with E-state index in [1.54, 1.807) is 30.0 Å². The first-order valence-electron chi connectivity index (χ1n) is 9.41. The lowest BCUT2D eigenvalue weighted by molar-refractivity contribution is -0.121. The second-order valence-corrected chi connectivity index (χ2v) is 10.2. The summed E-state index contributed by atoms with van der Waals surface area (Å²) in [7, 11) is -2.32. The predicted molar refractivity (Wildman–Crippen MR) is 116 cm³/mol. The van der Waals surface area contributed by atoms with Gasteiger partial charge in [-0.2, -0.15) is 4.31 Å². The number of rotatable bonds is 5. The molecule has 29 heavy (non-hydrogen) atoms. The second kappa shape index (κ2) is 8.18. The summed E-state index contributed by atoms with van der Waals surface area (Å²) in [6.07, 6.45) is 0.828. The van der Waals surface area contributed by atoms with E-state index in [9.17, 15) is 13.2 Å². The van der Waals surface area contributed by atoms with Gasteiger partial charge in [0.25, 0.3) is 0 Å². The third-order valence-corrected chi connectivity index (χ3v) is 8.01. The Morgan fingerprint density at radius 1 is 1.07 bits per heavy atom. The average Bonchev–Trinajstić information content (AvgIpc) is 2.73. The molecule has 0 aromatic heterocycles. The van der Waals surface area contributed by atoms with Crippen molar-refractivity contribution in [2.24, 2.45) is 0 Å². The summed E-state index contributed by atoms with van der Waals surface area (Å²) in [5.41, 5.74) is 1.09. The number of sulfonamides is 1. The fourth-order valence-corrected chi connectivity index (χ4v) is 5.82.